The number of rotatable bonds is 2. The topological polar surface area (TPSA) is 69.6 Å². The van der Waals surface area contributed by atoms with Crippen molar-refractivity contribution in [3.63, 3.8) is 0 Å². The maximum Gasteiger partial charge on any atom is 0.321 e. The van der Waals surface area contributed by atoms with Gasteiger partial charge in [-0.1, -0.05) is 18.6 Å². The molecule has 1 aromatic rings. The number of amides is 2. The molecule has 5 nitrogen and oxygen atoms in total. The van der Waals surface area contributed by atoms with Gasteiger partial charge in [0.1, 0.15) is 0 Å². The van der Waals surface area contributed by atoms with Crippen LogP contribution in [0.25, 0.3) is 0 Å². The molecular weight excluding hydrogens is 280 g/mol. The third kappa shape index (κ3) is 2.25. The number of carbonyl (C=O) groups is 2. The van der Waals surface area contributed by atoms with Gasteiger partial charge in [-0.05, 0) is 49.8 Å². The lowest BCUT2D eigenvalue weighted by atomic mass is 9.81. The molecule has 1 heterocycles. The predicted molar refractivity (Wildman–Crippen MR) is 83.9 cm³/mol. The van der Waals surface area contributed by atoms with E-state index in [0.717, 1.165) is 29.7 Å². The summed E-state index contributed by atoms with van der Waals surface area (Å²) in [5.74, 6) is -0.661. The summed E-state index contributed by atoms with van der Waals surface area (Å²) in [6, 6.07) is 5.60. The third-order valence-corrected chi connectivity index (χ3v) is 5.43. The van der Waals surface area contributed by atoms with Crippen molar-refractivity contribution >= 4 is 17.7 Å². The first kappa shape index (κ1) is 14.9. The normalized spacial score (nSPS) is 26.8. The highest BCUT2D eigenvalue weighted by Crippen LogP contribution is 2.48. The Morgan fingerprint density at radius 2 is 2.14 bits per heavy atom. The molecule has 0 unspecified atom stereocenters. The van der Waals surface area contributed by atoms with Gasteiger partial charge in [-0.2, -0.15) is 0 Å². The van der Waals surface area contributed by atoms with Crippen LogP contribution < -0.4 is 5.32 Å². The van der Waals surface area contributed by atoms with E-state index in [1.165, 1.54) is 0 Å². The summed E-state index contributed by atoms with van der Waals surface area (Å²) >= 11 is 0. The fraction of sp³-hybridized carbons (Fsp3) is 0.529. The zero-order valence-electron chi connectivity index (χ0n) is 13.1. The number of nitrogens with one attached hydrogen (secondary N) is 1. The largest absolute Gasteiger partial charge is 0.481 e. The highest BCUT2D eigenvalue weighted by Gasteiger charge is 2.55. The van der Waals surface area contributed by atoms with Crippen molar-refractivity contribution in [2.24, 2.45) is 11.3 Å². The minimum atomic E-state index is -0.753. The first-order chi connectivity index (χ1) is 10.4. The van der Waals surface area contributed by atoms with Crippen LogP contribution >= 0.6 is 0 Å². The second-order valence-electron chi connectivity index (χ2n) is 6.61. The summed E-state index contributed by atoms with van der Waals surface area (Å²) in [4.78, 5) is 25.8. The molecule has 1 aliphatic carbocycles. The van der Waals surface area contributed by atoms with Crippen LogP contribution in [0.15, 0.2) is 18.2 Å². The van der Waals surface area contributed by atoms with Crippen LogP contribution in [-0.2, 0) is 4.79 Å². The van der Waals surface area contributed by atoms with E-state index >= 15 is 0 Å². The first-order valence-corrected chi connectivity index (χ1v) is 7.79. The van der Waals surface area contributed by atoms with E-state index < -0.39 is 11.4 Å². The van der Waals surface area contributed by atoms with Gasteiger partial charge in [0.15, 0.2) is 0 Å². The molecule has 2 atom stereocenters. The van der Waals surface area contributed by atoms with E-state index in [0.29, 0.717) is 19.5 Å². The van der Waals surface area contributed by atoms with Crippen molar-refractivity contribution in [1.29, 1.82) is 0 Å². The van der Waals surface area contributed by atoms with Crippen LogP contribution in [0.2, 0.25) is 0 Å². The highest BCUT2D eigenvalue weighted by atomic mass is 16.4. The molecule has 2 amide bonds. The van der Waals surface area contributed by atoms with Gasteiger partial charge in [-0.25, -0.2) is 4.79 Å². The zero-order chi connectivity index (χ0) is 15.9. The second kappa shape index (κ2) is 5.30. The number of urea groups is 1. The Morgan fingerprint density at radius 3 is 2.82 bits per heavy atom. The number of anilines is 1. The Bertz CT molecular complexity index is 628. The van der Waals surface area contributed by atoms with E-state index in [9.17, 15) is 14.7 Å². The molecule has 1 aromatic carbocycles. The average Bonchev–Trinajstić information content (AvgIpc) is 3.01. The minimum absolute atomic E-state index is 0.0920. The minimum Gasteiger partial charge on any atom is -0.481 e. The van der Waals surface area contributed by atoms with E-state index in [1.54, 1.807) is 4.90 Å². The maximum atomic E-state index is 12.5. The first-order valence-electron chi connectivity index (χ1n) is 7.79. The van der Waals surface area contributed by atoms with Crippen LogP contribution in [0.4, 0.5) is 10.5 Å². The van der Waals surface area contributed by atoms with Gasteiger partial charge in [0, 0.05) is 18.8 Å². The van der Waals surface area contributed by atoms with E-state index in [-0.39, 0.29) is 11.9 Å². The van der Waals surface area contributed by atoms with Gasteiger partial charge in [-0.15, -0.1) is 0 Å². The van der Waals surface area contributed by atoms with Crippen LogP contribution in [0.5, 0.6) is 0 Å². The molecule has 3 rings (SSSR count). The lowest BCUT2D eigenvalue weighted by Gasteiger charge is -2.23. The van der Waals surface area contributed by atoms with Crippen LogP contribution in [0.1, 0.15) is 30.4 Å². The van der Waals surface area contributed by atoms with Crippen LogP contribution in [0.3, 0.4) is 0 Å². The molecule has 0 bridgehead atoms. The molecule has 2 N–H and O–H groups in total. The number of carboxylic acids is 1. The van der Waals surface area contributed by atoms with Gasteiger partial charge in [0.05, 0.1) is 5.41 Å². The molecule has 1 saturated heterocycles. The summed E-state index contributed by atoms with van der Waals surface area (Å²) in [6.07, 6.45) is 2.53. The number of carbonyl (C=O) groups excluding carboxylic acids is 1. The molecule has 1 aliphatic heterocycles. The molecule has 0 spiro atoms. The molecular formula is C17H22N2O3. The van der Waals surface area contributed by atoms with Gasteiger partial charge >= 0.3 is 12.0 Å². The number of hydrogen-bond acceptors (Lipinski definition) is 2. The van der Waals surface area contributed by atoms with Crippen LogP contribution in [-0.4, -0.2) is 35.1 Å². The number of hydrogen-bond donors (Lipinski definition) is 2. The molecule has 2 fully saturated rings. The quantitative estimate of drug-likeness (QED) is 0.882. The summed E-state index contributed by atoms with van der Waals surface area (Å²) in [7, 11) is 0. The number of nitrogens with zero attached hydrogens (tertiary/aromatic N) is 1. The van der Waals surface area contributed by atoms with Crippen molar-refractivity contribution in [3.8, 4) is 0 Å². The fourth-order valence-corrected chi connectivity index (χ4v) is 3.87. The predicted octanol–water partition coefficient (Wildman–Crippen LogP) is 3.02. The lowest BCUT2D eigenvalue weighted by Crippen LogP contribution is -2.38. The number of fused-ring (bicyclic) bond motifs is 1. The maximum absolute atomic E-state index is 12.5. The summed E-state index contributed by atoms with van der Waals surface area (Å²) in [6.45, 7) is 4.85. The lowest BCUT2D eigenvalue weighted by molar-refractivity contribution is -0.149. The standard InChI is InChI=1S/C17H22N2O3/c1-11-5-3-7-14(12(11)2)18-16(22)19-9-13-6-4-8-17(13,10-19)15(20)21/h3,5,7,13H,4,6,8-10H2,1-2H3,(H,18,22)(H,20,21)/t13-,17+/m0/s1. The van der Waals surface area contributed by atoms with E-state index in [1.807, 2.05) is 32.0 Å². The Hall–Kier alpha value is -2.04. The van der Waals surface area contributed by atoms with Crippen molar-refractivity contribution in [2.45, 2.75) is 33.1 Å². The SMILES string of the molecule is Cc1cccc(NC(=O)N2C[C@@H]3CCC[C@@]3(C(=O)O)C2)c1C. The summed E-state index contributed by atoms with van der Waals surface area (Å²) in [5, 5.41) is 12.5. The summed E-state index contributed by atoms with van der Waals surface area (Å²) < 4.78 is 0. The molecule has 5 heteroatoms. The molecule has 22 heavy (non-hydrogen) atoms. The highest BCUT2D eigenvalue weighted by molar-refractivity contribution is 5.91. The fourth-order valence-electron chi connectivity index (χ4n) is 3.87. The molecule has 1 saturated carbocycles. The Labute approximate surface area is 130 Å². The van der Waals surface area contributed by atoms with E-state index in [2.05, 4.69) is 5.32 Å². The number of likely N-dealkylation sites (tertiary alicyclic amines) is 1. The average molecular weight is 302 g/mol. The van der Waals surface area contributed by atoms with Gasteiger partial charge in [-0.3, -0.25) is 4.79 Å². The Kier molecular flexibility index (Phi) is 3.59. The Balaban J connectivity index is 1.75. The van der Waals surface area contributed by atoms with Gasteiger partial charge < -0.3 is 15.3 Å². The molecule has 0 radical (unpaired) electrons. The number of benzene rings is 1. The van der Waals surface area contributed by atoms with Gasteiger partial charge in [0.25, 0.3) is 0 Å². The molecule has 118 valence electrons. The van der Waals surface area contributed by atoms with Crippen molar-refractivity contribution in [3.05, 3.63) is 29.3 Å². The van der Waals surface area contributed by atoms with Gasteiger partial charge in [0.2, 0.25) is 0 Å². The van der Waals surface area contributed by atoms with Crippen LogP contribution in [0, 0.1) is 25.2 Å². The van der Waals surface area contributed by atoms with E-state index in [4.69, 9.17) is 0 Å². The molecule has 0 aromatic heterocycles. The van der Waals surface area contributed by atoms with Crippen molar-refractivity contribution < 1.29 is 14.7 Å². The number of aryl methyl sites for hydroxylation is 1. The molecule has 2 aliphatic rings. The Morgan fingerprint density at radius 1 is 1.36 bits per heavy atom. The second-order valence-corrected chi connectivity index (χ2v) is 6.61. The monoisotopic (exact) mass is 302 g/mol. The summed E-state index contributed by atoms with van der Waals surface area (Å²) in [5.41, 5.74) is 2.24. The van der Waals surface area contributed by atoms with Crippen molar-refractivity contribution in [1.82, 2.24) is 4.90 Å². The number of aliphatic carboxylic acids is 1. The smallest absolute Gasteiger partial charge is 0.321 e. The zero-order valence-corrected chi connectivity index (χ0v) is 13.1. The van der Waals surface area contributed by atoms with Crippen molar-refractivity contribution in [2.75, 3.05) is 18.4 Å². The third-order valence-electron chi connectivity index (χ3n) is 5.43. The number of carboxylic acid groups (broad SMARTS) is 1.